The van der Waals surface area contributed by atoms with Crippen molar-refractivity contribution in [2.75, 3.05) is 64.4 Å². The molecule has 7 heteroatoms. The van der Waals surface area contributed by atoms with E-state index in [0.717, 1.165) is 57.9 Å². The molecule has 0 bridgehead atoms. The standard InChI is InChI=1S/C20H30N4O3/c1-27-18-6-2-5-17(15-18)23-13-11-22(12-14-23)16-19(25)21-8-4-10-24-9-3-7-20(24)26/h2,5-6,15H,3-4,7-14,16H2,1H3,(H,21,25)/p+1. The number of anilines is 1. The molecule has 0 saturated carbocycles. The fourth-order valence-electron chi connectivity index (χ4n) is 3.79. The van der Waals surface area contributed by atoms with E-state index in [1.807, 2.05) is 17.0 Å². The van der Waals surface area contributed by atoms with E-state index in [-0.39, 0.29) is 11.8 Å². The van der Waals surface area contributed by atoms with Gasteiger partial charge in [-0.25, -0.2) is 0 Å². The van der Waals surface area contributed by atoms with Gasteiger partial charge in [-0.2, -0.15) is 0 Å². The van der Waals surface area contributed by atoms with Crippen molar-refractivity contribution in [2.45, 2.75) is 19.3 Å². The Kier molecular flexibility index (Phi) is 6.92. The third kappa shape index (κ3) is 5.60. The van der Waals surface area contributed by atoms with Gasteiger partial charge < -0.3 is 24.8 Å². The Morgan fingerprint density at radius 1 is 1.26 bits per heavy atom. The Hall–Kier alpha value is -2.28. The molecule has 2 fully saturated rings. The van der Waals surface area contributed by atoms with Crippen molar-refractivity contribution in [1.29, 1.82) is 0 Å². The van der Waals surface area contributed by atoms with Gasteiger partial charge in [0.2, 0.25) is 5.91 Å². The SMILES string of the molecule is COc1cccc(N2CC[NH+](CC(=O)NCCCN3CCCC3=O)CC2)c1. The van der Waals surface area contributed by atoms with E-state index in [4.69, 9.17) is 4.74 Å². The Labute approximate surface area is 161 Å². The van der Waals surface area contributed by atoms with Gasteiger partial charge in [0.25, 0.3) is 5.91 Å². The Morgan fingerprint density at radius 3 is 2.78 bits per heavy atom. The van der Waals surface area contributed by atoms with Crippen LogP contribution in [-0.2, 0) is 9.59 Å². The van der Waals surface area contributed by atoms with Crippen LogP contribution >= 0.6 is 0 Å². The highest BCUT2D eigenvalue weighted by Gasteiger charge is 2.23. The minimum atomic E-state index is 0.104. The van der Waals surface area contributed by atoms with Crippen molar-refractivity contribution in [3.05, 3.63) is 24.3 Å². The largest absolute Gasteiger partial charge is 0.497 e. The van der Waals surface area contributed by atoms with E-state index in [1.54, 1.807) is 7.11 Å². The fourth-order valence-corrected chi connectivity index (χ4v) is 3.79. The van der Waals surface area contributed by atoms with Gasteiger partial charge in [-0.05, 0) is 25.0 Å². The number of benzene rings is 1. The lowest BCUT2D eigenvalue weighted by Gasteiger charge is -2.33. The monoisotopic (exact) mass is 375 g/mol. The molecule has 1 aromatic rings. The molecule has 2 N–H and O–H groups in total. The quantitative estimate of drug-likeness (QED) is 0.603. The molecular weight excluding hydrogens is 344 g/mol. The fraction of sp³-hybridized carbons (Fsp3) is 0.600. The molecule has 2 aliphatic heterocycles. The van der Waals surface area contributed by atoms with Crippen molar-refractivity contribution in [3.8, 4) is 5.75 Å². The summed E-state index contributed by atoms with van der Waals surface area (Å²) in [5.74, 6) is 1.23. The van der Waals surface area contributed by atoms with Crippen LogP contribution in [0.2, 0.25) is 0 Å². The number of methoxy groups -OCH3 is 1. The van der Waals surface area contributed by atoms with Gasteiger partial charge in [-0.1, -0.05) is 6.07 Å². The summed E-state index contributed by atoms with van der Waals surface area (Å²) in [6.07, 6.45) is 2.48. The van der Waals surface area contributed by atoms with Gasteiger partial charge in [0.05, 0.1) is 33.3 Å². The van der Waals surface area contributed by atoms with Crippen LogP contribution in [0.25, 0.3) is 0 Å². The molecule has 2 aliphatic rings. The molecule has 2 heterocycles. The third-order valence-electron chi connectivity index (χ3n) is 5.40. The lowest BCUT2D eigenvalue weighted by Crippen LogP contribution is -3.15. The van der Waals surface area contributed by atoms with Gasteiger partial charge in [0.15, 0.2) is 6.54 Å². The molecule has 0 atom stereocenters. The lowest BCUT2D eigenvalue weighted by molar-refractivity contribution is -0.892. The van der Waals surface area contributed by atoms with Crippen molar-refractivity contribution in [2.24, 2.45) is 0 Å². The van der Waals surface area contributed by atoms with E-state index >= 15 is 0 Å². The second-order valence-corrected chi connectivity index (χ2v) is 7.30. The molecule has 0 unspecified atom stereocenters. The first-order valence-corrected chi connectivity index (χ1v) is 9.93. The molecule has 2 saturated heterocycles. The van der Waals surface area contributed by atoms with Crippen LogP contribution in [0.3, 0.4) is 0 Å². The molecule has 2 amide bonds. The number of hydrogen-bond acceptors (Lipinski definition) is 4. The molecule has 0 aromatic heterocycles. The molecule has 27 heavy (non-hydrogen) atoms. The number of hydrogen-bond donors (Lipinski definition) is 2. The van der Waals surface area contributed by atoms with Crippen molar-refractivity contribution >= 4 is 17.5 Å². The number of likely N-dealkylation sites (tertiary alicyclic amines) is 1. The summed E-state index contributed by atoms with van der Waals surface area (Å²) >= 11 is 0. The molecular formula is C20H31N4O3+. The smallest absolute Gasteiger partial charge is 0.275 e. The van der Waals surface area contributed by atoms with Crippen LogP contribution in [0.15, 0.2) is 24.3 Å². The molecule has 7 nitrogen and oxygen atoms in total. The summed E-state index contributed by atoms with van der Waals surface area (Å²) in [5, 5.41) is 3.00. The summed E-state index contributed by atoms with van der Waals surface area (Å²) in [4.78, 5) is 29.3. The summed E-state index contributed by atoms with van der Waals surface area (Å²) < 4.78 is 5.30. The van der Waals surface area contributed by atoms with Crippen LogP contribution in [0.1, 0.15) is 19.3 Å². The Morgan fingerprint density at radius 2 is 2.07 bits per heavy atom. The molecule has 1 aromatic carbocycles. The van der Waals surface area contributed by atoms with E-state index in [0.29, 0.717) is 19.5 Å². The first-order valence-electron chi connectivity index (χ1n) is 9.93. The van der Waals surface area contributed by atoms with Crippen molar-refractivity contribution in [1.82, 2.24) is 10.2 Å². The predicted octanol–water partition coefficient (Wildman–Crippen LogP) is -0.471. The summed E-state index contributed by atoms with van der Waals surface area (Å²) in [6.45, 7) is 6.57. The highest BCUT2D eigenvalue weighted by molar-refractivity contribution is 5.78. The zero-order valence-corrected chi connectivity index (χ0v) is 16.2. The van der Waals surface area contributed by atoms with Crippen molar-refractivity contribution in [3.63, 3.8) is 0 Å². The number of carbonyl (C=O) groups excluding carboxylic acids is 2. The number of carbonyl (C=O) groups is 2. The molecule has 148 valence electrons. The maximum absolute atomic E-state index is 12.2. The van der Waals surface area contributed by atoms with Gasteiger partial charge >= 0.3 is 0 Å². The normalized spacial score (nSPS) is 18.0. The molecule has 0 spiro atoms. The van der Waals surface area contributed by atoms with Gasteiger partial charge in [0.1, 0.15) is 5.75 Å². The Bertz CT molecular complexity index is 644. The Balaban J connectivity index is 1.32. The molecule has 3 rings (SSSR count). The van der Waals surface area contributed by atoms with Crippen LogP contribution in [0.5, 0.6) is 5.75 Å². The van der Waals surface area contributed by atoms with Crippen LogP contribution in [0, 0.1) is 0 Å². The first kappa shape index (κ1) is 19.5. The number of nitrogens with one attached hydrogen (secondary N) is 2. The average molecular weight is 375 g/mol. The predicted molar refractivity (Wildman–Crippen MR) is 104 cm³/mol. The maximum Gasteiger partial charge on any atom is 0.275 e. The maximum atomic E-state index is 12.2. The second-order valence-electron chi connectivity index (χ2n) is 7.30. The van der Waals surface area contributed by atoms with E-state index < -0.39 is 0 Å². The summed E-state index contributed by atoms with van der Waals surface area (Å²) in [5.41, 5.74) is 1.18. The minimum Gasteiger partial charge on any atom is -0.497 e. The summed E-state index contributed by atoms with van der Waals surface area (Å²) in [7, 11) is 1.68. The number of quaternary nitrogens is 1. The number of amides is 2. The first-order chi connectivity index (χ1) is 13.2. The average Bonchev–Trinajstić information content (AvgIpc) is 3.10. The lowest BCUT2D eigenvalue weighted by atomic mass is 10.2. The summed E-state index contributed by atoms with van der Waals surface area (Å²) in [6, 6.07) is 8.12. The second kappa shape index (κ2) is 9.60. The highest BCUT2D eigenvalue weighted by atomic mass is 16.5. The number of rotatable bonds is 8. The zero-order chi connectivity index (χ0) is 19.1. The molecule has 0 radical (unpaired) electrons. The van der Waals surface area contributed by atoms with E-state index in [2.05, 4.69) is 22.3 Å². The minimum absolute atomic E-state index is 0.104. The number of nitrogens with zero attached hydrogens (tertiary/aromatic N) is 2. The molecule has 0 aliphatic carbocycles. The van der Waals surface area contributed by atoms with Gasteiger partial charge in [-0.15, -0.1) is 0 Å². The van der Waals surface area contributed by atoms with Crippen LogP contribution in [0.4, 0.5) is 5.69 Å². The van der Waals surface area contributed by atoms with Crippen LogP contribution < -0.4 is 19.9 Å². The van der Waals surface area contributed by atoms with E-state index in [1.165, 1.54) is 10.6 Å². The number of piperazine rings is 1. The van der Waals surface area contributed by atoms with Crippen LogP contribution in [-0.4, -0.2) is 76.2 Å². The van der Waals surface area contributed by atoms with Crippen molar-refractivity contribution < 1.29 is 19.2 Å². The topological polar surface area (TPSA) is 66.3 Å². The highest BCUT2D eigenvalue weighted by Crippen LogP contribution is 2.20. The van der Waals surface area contributed by atoms with Gasteiger partial charge in [-0.3, -0.25) is 9.59 Å². The van der Waals surface area contributed by atoms with E-state index in [9.17, 15) is 9.59 Å². The zero-order valence-electron chi connectivity index (χ0n) is 16.2. The van der Waals surface area contributed by atoms with Gasteiger partial charge in [0, 0.05) is 37.8 Å². The third-order valence-corrected chi connectivity index (χ3v) is 5.40. The number of ether oxygens (including phenoxy) is 1.